The van der Waals surface area contributed by atoms with Crippen LogP contribution < -0.4 is 10.6 Å². The minimum Gasteiger partial charge on any atom is -0.361 e. The van der Waals surface area contributed by atoms with Crippen LogP contribution in [-0.4, -0.2) is 27.4 Å². The molecule has 0 bridgehead atoms. The van der Waals surface area contributed by atoms with Gasteiger partial charge in [0.2, 0.25) is 0 Å². The monoisotopic (exact) mass is 391 g/mol. The molecule has 6 nitrogen and oxygen atoms in total. The Morgan fingerprint density at radius 3 is 2.79 bits per heavy atom. The lowest BCUT2D eigenvalue weighted by atomic mass is 10.1. The lowest BCUT2D eigenvalue weighted by molar-refractivity contribution is 0.0949. The first-order valence-electron chi connectivity index (χ1n) is 8.87. The summed E-state index contributed by atoms with van der Waals surface area (Å²) >= 11 is 6.15. The maximum Gasteiger partial charge on any atom is 0.270 e. The van der Waals surface area contributed by atoms with Crippen molar-refractivity contribution in [3.8, 4) is 0 Å². The van der Waals surface area contributed by atoms with Crippen molar-refractivity contribution in [2.45, 2.75) is 6.42 Å². The summed E-state index contributed by atoms with van der Waals surface area (Å²) in [4.78, 5) is 23.9. The van der Waals surface area contributed by atoms with Crippen LogP contribution in [0.5, 0.6) is 0 Å². The van der Waals surface area contributed by atoms with Gasteiger partial charge < -0.3 is 15.6 Å². The molecule has 0 spiro atoms. The highest BCUT2D eigenvalue weighted by atomic mass is 35.5. The van der Waals surface area contributed by atoms with Crippen molar-refractivity contribution in [3.63, 3.8) is 0 Å². The fourth-order valence-corrected chi connectivity index (χ4v) is 3.17. The molecule has 0 unspecified atom stereocenters. The van der Waals surface area contributed by atoms with Crippen molar-refractivity contribution in [1.29, 1.82) is 0 Å². The SMILES string of the molecule is O=C(NCCc1c[nH]c2ccccc12)c1cc(Nc2ccccc2Cl)ncn1. The summed E-state index contributed by atoms with van der Waals surface area (Å²) in [5, 5.41) is 7.75. The number of rotatable bonds is 6. The van der Waals surface area contributed by atoms with Crippen LogP contribution in [0.15, 0.2) is 67.1 Å². The number of fused-ring (bicyclic) bond motifs is 1. The Morgan fingerprint density at radius 1 is 1.07 bits per heavy atom. The maximum atomic E-state index is 12.4. The minimum absolute atomic E-state index is 0.246. The number of carbonyl (C=O) groups excluding carboxylic acids is 1. The number of amides is 1. The van der Waals surface area contributed by atoms with Gasteiger partial charge in [0.1, 0.15) is 17.8 Å². The number of para-hydroxylation sites is 2. The summed E-state index contributed by atoms with van der Waals surface area (Å²) in [5.74, 6) is 0.259. The summed E-state index contributed by atoms with van der Waals surface area (Å²) < 4.78 is 0. The molecule has 0 aliphatic rings. The Balaban J connectivity index is 1.39. The number of benzene rings is 2. The Morgan fingerprint density at radius 2 is 1.89 bits per heavy atom. The van der Waals surface area contributed by atoms with Crippen LogP contribution >= 0.6 is 11.6 Å². The number of anilines is 2. The predicted octanol–water partition coefficient (Wildman–Crippen LogP) is 4.33. The number of aromatic nitrogens is 3. The van der Waals surface area contributed by atoms with Gasteiger partial charge in [-0.05, 0) is 30.2 Å². The van der Waals surface area contributed by atoms with Crippen LogP contribution in [-0.2, 0) is 6.42 Å². The van der Waals surface area contributed by atoms with Crippen molar-refractivity contribution in [3.05, 3.63) is 83.4 Å². The highest BCUT2D eigenvalue weighted by Crippen LogP contribution is 2.23. The predicted molar refractivity (Wildman–Crippen MR) is 111 cm³/mol. The molecule has 0 saturated heterocycles. The molecule has 3 N–H and O–H groups in total. The molecule has 0 aliphatic heterocycles. The van der Waals surface area contributed by atoms with Crippen molar-refractivity contribution in [2.75, 3.05) is 11.9 Å². The van der Waals surface area contributed by atoms with Crippen LogP contribution in [0.25, 0.3) is 10.9 Å². The zero-order valence-corrected chi connectivity index (χ0v) is 15.7. The summed E-state index contributed by atoms with van der Waals surface area (Å²) in [6.45, 7) is 0.512. The molecule has 1 amide bonds. The zero-order chi connectivity index (χ0) is 19.3. The van der Waals surface area contributed by atoms with E-state index in [1.165, 1.54) is 17.3 Å². The second kappa shape index (κ2) is 8.10. The van der Waals surface area contributed by atoms with Gasteiger partial charge in [0.25, 0.3) is 5.91 Å². The first kappa shape index (κ1) is 18.0. The van der Waals surface area contributed by atoms with Gasteiger partial charge in [0.15, 0.2) is 0 Å². The van der Waals surface area contributed by atoms with Gasteiger partial charge in [-0.15, -0.1) is 0 Å². The second-order valence-electron chi connectivity index (χ2n) is 6.26. The lowest BCUT2D eigenvalue weighted by Gasteiger charge is -2.09. The molecule has 7 heteroatoms. The molecule has 0 radical (unpaired) electrons. The van der Waals surface area contributed by atoms with E-state index in [9.17, 15) is 4.79 Å². The van der Waals surface area contributed by atoms with E-state index < -0.39 is 0 Å². The average Bonchev–Trinajstić information content (AvgIpc) is 3.13. The average molecular weight is 392 g/mol. The molecule has 140 valence electrons. The topological polar surface area (TPSA) is 82.7 Å². The van der Waals surface area contributed by atoms with Gasteiger partial charge in [0.05, 0.1) is 10.7 Å². The largest absolute Gasteiger partial charge is 0.361 e. The third-order valence-electron chi connectivity index (χ3n) is 4.39. The molecule has 2 aromatic heterocycles. The number of H-pyrrole nitrogens is 1. The Hall–Kier alpha value is -3.38. The van der Waals surface area contributed by atoms with Gasteiger partial charge in [-0.3, -0.25) is 4.79 Å². The molecule has 2 aromatic carbocycles. The molecular formula is C21H18ClN5O. The quantitative estimate of drug-likeness (QED) is 0.457. The van der Waals surface area contributed by atoms with Gasteiger partial charge in [0, 0.05) is 29.7 Å². The summed E-state index contributed by atoms with van der Waals surface area (Å²) in [7, 11) is 0. The zero-order valence-electron chi connectivity index (χ0n) is 14.9. The van der Waals surface area contributed by atoms with E-state index in [2.05, 4.69) is 31.7 Å². The first-order valence-corrected chi connectivity index (χ1v) is 9.25. The van der Waals surface area contributed by atoms with Crippen LogP contribution in [0.1, 0.15) is 16.1 Å². The highest BCUT2D eigenvalue weighted by Gasteiger charge is 2.10. The molecule has 0 saturated carbocycles. The maximum absolute atomic E-state index is 12.4. The molecule has 28 heavy (non-hydrogen) atoms. The van der Waals surface area contributed by atoms with E-state index >= 15 is 0 Å². The normalized spacial score (nSPS) is 10.8. The Kier molecular flexibility index (Phi) is 5.21. The highest BCUT2D eigenvalue weighted by molar-refractivity contribution is 6.33. The van der Waals surface area contributed by atoms with Crippen molar-refractivity contribution in [2.24, 2.45) is 0 Å². The van der Waals surface area contributed by atoms with Gasteiger partial charge in [-0.25, -0.2) is 9.97 Å². The lowest BCUT2D eigenvalue weighted by Crippen LogP contribution is -2.26. The Labute approximate surface area is 167 Å². The third-order valence-corrected chi connectivity index (χ3v) is 4.72. The molecule has 0 atom stereocenters. The van der Waals surface area contributed by atoms with Crippen molar-refractivity contribution < 1.29 is 4.79 Å². The molecule has 0 fully saturated rings. The molecular weight excluding hydrogens is 374 g/mol. The van der Waals surface area contributed by atoms with E-state index in [0.717, 1.165) is 11.9 Å². The summed E-state index contributed by atoms with van der Waals surface area (Å²) in [5.41, 5.74) is 3.27. The van der Waals surface area contributed by atoms with Gasteiger partial charge in [-0.1, -0.05) is 41.9 Å². The van der Waals surface area contributed by atoms with E-state index in [4.69, 9.17) is 11.6 Å². The standard InChI is InChI=1S/C21H18ClN5O/c22-16-6-2-4-8-18(16)27-20-11-19(25-13-26-20)21(28)23-10-9-14-12-24-17-7-3-1-5-15(14)17/h1-8,11-13,24H,9-10H2,(H,23,28)(H,25,26,27). The van der Waals surface area contributed by atoms with Crippen molar-refractivity contribution >= 4 is 39.9 Å². The molecule has 4 rings (SSSR count). The number of aromatic amines is 1. The van der Waals surface area contributed by atoms with Crippen LogP contribution in [0.2, 0.25) is 5.02 Å². The van der Waals surface area contributed by atoms with E-state index in [1.807, 2.05) is 42.6 Å². The van der Waals surface area contributed by atoms with Gasteiger partial charge >= 0.3 is 0 Å². The fourth-order valence-electron chi connectivity index (χ4n) is 2.99. The van der Waals surface area contributed by atoms with Gasteiger partial charge in [-0.2, -0.15) is 0 Å². The number of hydrogen-bond donors (Lipinski definition) is 3. The summed E-state index contributed by atoms with van der Waals surface area (Å²) in [6, 6.07) is 17.0. The third kappa shape index (κ3) is 3.97. The Bertz CT molecular complexity index is 1120. The van der Waals surface area contributed by atoms with E-state index in [-0.39, 0.29) is 5.91 Å². The number of nitrogens with zero attached hydrogens (tertiary/aromatic N) is 2. The smallest absolute Gasteiger partial charge is 0.270 e. The molecule has 2 heterocycles. The number of carbonyl (C=O) groups is 1. The number of hydrogen-bond acceptors (Lipinski definition) is 4. The van der Waals surface area contributed by atoms with E-state index in [0.29, 0.717) is 28.8 Å². The molecule has 4 aromatic rings. The molecule has 0 aliphatic carbocycles. The van der Waals surface area contributed by atoms with Crippen molar-refractivity contribution in [1.82, 2.24) is 20.3 Å². The first-order chi connectivity index (χ1) is 13.7. The van der Waals surface area contributed by atoms with E-state index in [1.54, 1.807) is 12.1 Å². The van der Waals surface area contributed by atoms with Crippen LogP contribution in [0.3, 0.4) is 0 Å². The number of nitrogens with one attached hydrogen (secondary N) is 3. The summed E-state index contributed by atoms with van der Waals surface area (Å²) in [6.07, 6.45) is 4.06. The fraction of sp³-hybridized carbons (Fsp3) is 0.0952. The minimum atomic E-state index is -0.246. The second-order valence-corrected chi connectivity index (χ2v) is 6.67. The van der Waals surface area contributed by atoms with Crippen LogP contribution in [0.4, 0.5) is 11.5 Å². The van der Waals surface area contributed by atoms with Crippen LogP contribution in [0, 0.1) is 0 Å². The number of halogens is 1.